The minimum atomic E-state index is -0.476. The first kappa shape index (κ1) is 21.8. The fourth-order valence-corrected chi connectivity index (χ4v) is 2.61. The van der Waals surface area contributed by atoms with E-state index >= 15 is 0 Å². The zero-order valence-electron chi connectivity index (χ0n) is 16.4. The Morgan fingerprint density at radius 1 is 0.903 bits per heavy atom. The lowest BCUT2D eigenvalue weighted by Gasteiger charge is -2.06. The van der Waals surface area contributed by atoms with Gasteiger partial charge in [-0.3, -0.25) is 4.79 Å². The monoisotopic (exact) mass is 434 g/mol. The molecule has 0 atom stereocenters. The fraction of sp³-hybridized carbons (Fsp3) is 0.0417. The number of para-hydroxylation sites is 1. The summed E-state index contributed by atoms with van der Waals surface area (Å²) < 4.78 is 10.6. The van der Waals surface area contributed by atoms with Crippen LogP contribution in [0.25, 0.3) is 6.08 Å². The van der Waals surface area contributed by atoms with Gasteiger partial charge < -0.3 is 9.47 Å². The molecule has 7 heteroatoms. The second kappa shape index (κ2) is 11.3. The van der Waals surface area contributed by atoms with E-state index in [1.54, 1.807) is 54.6 Å². The predicted octanol–water partition coefficient (Wildman–Crippen LogP) is 4.49. The Kier molecular flexibility index (Phi) is 7.97. The quantitative estimate of drug-likeness (QED) is 0.186. The molecule has 0 saturated carbocycles. The maximum absolute atomic E-state index is 11.9. The number of nitrogens with one attached hydrogen (secondary N) is 1. The van der Waals surface area contributed by atoms with Crippen molar-refractivity contribution in [3.63, 3.8) is 0 Å². The van der Waals surface area contributed by atoms with Gasteiger partial charge in [-0.2, -0.15) is 5.10 Å². The Balaban J connectivity index is 1.43. The molecule has 31 heavy (non-hydrogen) atoms. The van der Waals surface area contributed by atoms with Crippen LogP contribution in [-0.2, 0) is 9.59 Å². The van der Waals surface area contributed by atoms with Gasteiger partial charge in [0.1, 0.15) is 11.5 Å². The number of halogens is 1. The lowest BCUT2D eigenvalue weighted by molar-refractivity contribution is -0.129. The van der Waals surface area contributed by atoms with E-state index in [-0.39, 0.29) is 6.61 Å². The summed E-state index contributed by atoms with van der Waals surface area (Å²) in [6.45, 7) is -0.216. The van der Waals surface area contributed by atoms with Crippen molar-refractivity contribution in [2.45, 2.75) is 0 Å². The summed E-state index contributed by atoms with van der Waals surface area (Å²) in [4.78, 5) is 23.7. The second-order valence-corrected chi connectivity index (χ2v) is 6.65. The van der Waals surface area contributed by atoms with Crippen molar-refractivity contribution in [2.24, 2.45) is 5.10 Å². The number of carbonyl (C=O) groups excluding carboxylic acids is 2. The van der Waals surface area contributed by atoms with Crippen LogP contribution >= 0.6 is 11.6 Å². The van der Waals surface area contributed by atoms with E-state index in [0.29, 0.717) is 22.1 Å². The lowest BCUT2D eigenvalue weighted by atomic mass is 10.2. The molecule has 0 unspecified atom stereocenters. The smallest absolute Gasteiger partial charge is 0.336 e. The molecule has 3 aromatic carbocycles. The molecule has 1 amide bonds. The highest BCUT2D eigenvalue weighted by Crippen LogP contribution is 2.22. The van der Waals surface area contributed by atoms with Gasteiger partial charge in [0, 0.05) is 6.08 Å². The molecule has 156 valence electrons. The van der Waals surface area contributed by atoms with Crippen LogP contribution in [0, 0.1) is 0 Å². The average Bonchev–Trinajstić information content (AvgIpc) is 2.79. The van der Waals surface area contributed by atoms with Gasteiger partial charge in [0.05, 0.1) is 11.2 Å². The van der Waals surface area contributed by atoms with Crippen LogP contribution in [0.3, 0.4) is 0 Å². The van der Waals surface area contributed by atoms with Crippen molar-refractivity contribution in [3.05, 3.63) is 101 Å². The Bertz CT molecular complexity index is 1080. The van der Waals surface area contributed by atoms with Gasteiger partial charge in [0.25, 0.3) is 5.91 Å². The first-order chi connectivity index (χ1) is 15.1. The van der Waals surface area contributed by atoms with Crippen molar-refractivity contribution in [2.75, 3.05) is 6.61 Å². The highest BCUT2D eigenvalue weighted by atomic mass is 35.5. The molecule has 6 nitrogen and oxygen atoms in total. The molecular formula is C24H19ClN2O4. The van der Waals surface area contributed by atoms with Gasteiger partial charge in [-0.05, 0) is 53.6 Å². The number of hydrazone groups is 1. The largest absolute Gasteiger partial charge is 0.482 e. The zero-order chi connectivity index (χ0) is 21.9. The first-order valence-electron chi connectivity index (χ1n) is 9.34. The van der Waals surface area contributed by atoms with Crippen LogP contribution in [0.4, 0.5) is 0 Å². The molecule has 0 aliphatic rings. The number of amides is 1. The molecular weight excluding hydrogens is 416 g/mol. The summed E-state index contributed by atoms with van der Waals surface area (Å²) in [6.07, 6.45) is 4.51. The van der Waals surface area contributed by atoms with E-state index in [9.17, 15) is 9.59 Å². The Morgan fingerprint density at radius 3 is 2.35 bits per heavy atom. The Labute approximate surface area is 184 Å². The molecule has 0 spiro atoms. The topological polar surface area (TPSA) is 77.0 Å². The molecule has 0 fully saturated rings. The number of benzene rings is 3. The fourth-order valence-electron chi connectivity index (χ4n) is 2.42. The minimum Gasteiger partial charge on any atom is -0.482 e. The summed E-state index contributed by atoms with van der Waals surface area (Å²) in [5.41, 5.74) is 3.99. The number of esters is 1. The second-order valence-electron chi connectivity index (χ2n) is 6.25. The van der Waals surface area contributed by atoms with Gasteiger partial charge in [0.15, 0.2) is 6.61 Å². The van der Waals surface area contributed by atoms with Crippen LogP contribution in [0.2, 0.25) is 5.02 Å². The summed E-state index contributed by atoms with van der Waals surface area (Å²) in [5.74, 6) is -0.0768. The normalized spacial score (nSPS) is 10.9. The predicted molar refractivity (Wildman–Crippen MR) is 120 cm³/mol. The van der Waals surface area contributed by atoms with Crippen molar-refractivity contribution in [1.82, 2.24) is 5.43 Å². The maximum Gasteiger partial charge on any atom is 0.336 e. The van der Waals surface area contributed by atoms with Crippen molar-refractivity contribution in [1.29, 1.82) is 0 Å². The molecule has 0 radical (unpaired) electrons. The Hall–Kier alpha value is -3.90. The molecule has 0 aromatic heterocycles. The van der Waals surface area contributed by atoms with Crippen molar-refractivity contribution in [3.8, 4) is 11.5 Å². The molecule has 1 N–H and O–H groups in total. The van der Waals surface area contributed by atoms with E-state index < -0.39 is 11.9 Å². The summed E-state index contributed by atoms with van der Waals surface area (Å²) in [7, 11) is 0. The van der Waals surface area contributed by atoms with Crippen LogP contribution in [0.15, 0.2) is 90.0 Å². The van der Waals surface area contributed by atoms with E-state index in [0.717, 1.165) is 5.56 Å². The van der Waals surface area contributed by atoms with Crippen LogP contribution in [0.5, 0.6) is 11.5 Å². The molecule has 0 saturated heterocycles. The van der Waals surface area contributed by atoms with Gasteiger partial charge in [-0.25, -0.2) is 10.2 Å². The van der Waals surface area contributed by atoms with Gasteiger partial charge in [0.2, 0.25) is 0 Å². The third-order valence-corrected chi connectivity index (χ3v) is 4.22. The highest BCUT2D eigenvalue weighted by molar-refractivity contribution is 6.32. The number of carbonyl (C=O) groups is 2. The maximum atomic E-state index is 11.9. The molecule has 3 rings (SSSR count). The highest BCUT2D eigenvalue weighted by Gasteiger charge is 2.04. The zero-order valence-corrected chi connectivity index (χ0v) is 17.2. The van der Waals surface area contributed by atoms with Crippen LogP contribution in [-0.4, -0.2) is 24.7 Å². The lowest BCUT2D eigenvalue weighted by Crippen LogP contribution is -2.24. The third-order valence-electron chi connectivity index (χ3n) is 3.91. The molecule has 0 heterocycles. The van der Waals surface area contributed by atoms with Crippen LogP contribution in [0.1, 0.15) is 11.1 Å². The SMILES string of the molecule is O=C(COc1ccccc1Cl)NN=Cc1ccc(OC(=O)C=Cc2ccccc2)cc1. The number of hydrogen-bond acceptors (Lipinski definition) is 5. The van der Waals surface area contributed by atoms with Gasteiger partial charge in [-0.1, -0.05) is 54.1 Å². The molecule has 3 aromatic rings. The average molecular weight is 435 g/mol. The van der Waals surface area contributed by atoms with E-state index in [2.05, 4.69) is 10.5 Å². The molecule has 0 aliphatic carbocycles. The third kappa shape index (κ3) is 7.45. The number of nitrogens with zero attached hydrogens (tertiary/aromatic N) is 1. The van der Waals surface area contributed by atoms with Crippen LogP contribution < -0.4 is 14.9 Å². The molecule has 0 aliphatic heterocycles. The van der Waals surface area contributed by atoms with Crippen molar-refractivity contribution < 1.29 is 19.1 Å². The van der Waals surface area contributed by atoms with E-state index in [4.69, 9.17) is 21.1 Å². The number of rotatable bonds is 8. The molecule has 0 bridgehead atoms. The summed E-state index contributed by atoms with van der Waals surface area (Å²) in [6, 6.07) is 23.0. The number of hydrogen-bond donors (Lipinski definition) is 1. The standard InChI is InChI=1S/C24H19ClN2O4/c25-21-8-4-5-9-22(21)30-17-23(28)27-26-16-19-10-13-20(14-11-19)31-24(29)15-12-18-6-2-1-3-7-18/h1-16H,17H2,(H,27,28). The minimum absolute atomic E-state index is 0.216. The first-order valence-corrected chi connectivity index (χ1v) is 9.72. The number of ether oxygens (including phenoxy) is 2. The van der Waals surface area contributed by atoms with Gasteiger partial charge in [-0.15, -0.1) is 0 Å². The van der Waals surface area contributed by atoms with Gasteiger partial charge >= 0.3 is 5.97 Å². The Morgan fingerprint density at radius 2 is 1.61 bits per heavy atom. The summed E-state index contributed by atoms with van der Waals surface area (Å²) >= 11 is 5.96. The van der Waals surface area contributed by atoms with Crippen molar-refractivity contribution >= 4 is 35.8 Å². The summed E-state index contributed by atoms with van der Waals surface area (Å²) in [5, 5.41) is 4.30. The van der Waals surface area contributed by atoms with E-state index in [1.165, 1.54) is 12.3 Å². The van der Waals surface area contributed by atoms with E-state index in [1.807, 2.05) is 30.3 Å².